The van der Waals surface area contributed by atoms with Crippen molar-refractivity contribution >= 4 is 5.97 Å². The summed E-state index contributed by atoms with van der Waals surface area (Å²) in [6.07, 6.45) is 5.97. The van der Waals surface area contributed by atoms with E-state index >= 15 is 0 Å². The minimum atomic E-state index is -0.0430. The second-order valence-corrected chi connectivity index (χ2v) is 5.09. The van der Waals surface area contributed by atoms with Gasteiger partial charge in [-0.2, -0.15) is 0 Å². The molecule has 0 aromatic rings. The Morgan fingerprint density at radius 3 is 2.65 bits per heavy atom. The highest BCUT2D eigenvalue weighted by Crippen LogP contribution is 2.20. The number of esters is 1. The Morgan fingerprint density at radius 1 is 1.29 bits per heavy atom. The van der Waals surface area contributed by atoms with E-state index in [0.29, 0.717) is 6.10 Å². The standard InChI is InChI=1S/C13H23NO3/c1-16-13(15)11-5-7-14(8-6-11)10-12-4-2-3-9-17-12/h11-12H,2-10H2,1H3/t12-/m0/s1. The van der Waals surface area contributed by atoms with Gasteiger partial charge in [0.05, 0.1) is 19.1 Å². The molecular weight excluding hydrogens is 218 g/mol. The molecule has 0 radical (unpaired) electrons. The molecule has 4 nitrogen and oxygen atoms in total. The van der Waals surface area contributed by atoms with Crippen molar-refractivity contribution in [3.05, 3.63) is 0 Å². The SMILES string of the molecule is COC(=O)C1CCN(C[C@@H]2CCCCO2)CC1. The van der Waals surface area contributed by atoms with Crippen LogP contribution in [0.4, 0.5) is 0 Å². The van der Waals surface area contributed by atoms with Crippen LogP contribution in [0.1, 0.15) is 32.1 Å². The number of carbonyl (C=O) groups is 1. The summed E-state index contributed by atoms with van der Waals surface area (Å²) in [7, 11) is 1.48. The van der Waals surface area contributed by atoms with Crippen molar-refractivity contribution in [3.8, 4) is 0 Å². The molecule has 0 aromatic carbocycles. The van der Waals surface area contributed by atoms with Crippen molar-refractivity contribution in [3.63, 3.8) is 0 Å². The number of rotatable bonds is 3. The predicted molar refractivity (Wildman–Crippen MR) is 64.8 cm³/mol. The van der Waals surface area contributed by atoms with E-state index in [1.807, 2.05) is 0 Å². The lowest BCUT2D eigenvalue weighted by Crippen LogP contribution is -2.42. The molecule has 2 heterocycles. The molecule has 98 valence electrons. The number of ether oxygens (including phenoxy) is 2. The van der Waals surface area contributed by atoms with Crippen LogP contribution in [0.3, 0.4) is 0 Å². The second-order valence-electron chi connectivity index (χ2n) is 5.09. The summed E-state index contributed by atoms with van der Waals surface area (Å²) in [5.74, 6) is 0.0714. The molecule has 0 unspecified atom stereocenters. The molecule has 0 amide bonds. The minimum absolute atomic E-state index is 0.0430. The highest BCUT2D eigenvalue weighted by Gasteiger charge is 2.27. The number of piperidine rings is 1. The molecule has 0 saturated carbocycles. The van der Waals surface area contributed by atoms with Crippen LogP contribution in [0.5, 0.6) is 0 Å². The van der Waals surface area contributed by atoms with E-state index in [0.717, 1.165) is 39.1 Å². The number of hydrogen-bond acceptors (Lipinski definition) is 4. The Hall–Kier alpha value is -0.610. The first-order chi connectivity index (χ1) is 8.29. The summed E-state index contributed by atoms with van der Waals surface area (Å²) in [4.78, 5) is 13.8. The zero-order valence-electron chi connectivity index (χ0n) is 10.7. The Labute approximate surface area is 103 Å². The Morgan fingerprint density at radius 2 is 2.06 bits per heavy atom. The maximum Gasteiger partial charge on any atom is 0.308 e. The maximum absolute atomic E-state index is 11.4. The van der Waals surface area contributed by atoms with Crippen molar-refractivity contribution in [1.29, 1.82) is 0 Å². The van der Waals surface area contributed by atoms with Gasteiger partial charge in [-0.05, 0) is 45.2 Å². The van der Waals surface area contributed by atoms with Gasteiger partial charge in [0.15, 0.2) is 0 Å². The van der Waals surface area contributed by atoms with Crippen molar-refractivity contribution in [2.45, 2.75) is 38.2 Å². The number of methoxy groups -OCH3 is 1. The van der Waals surface area contributed by atoms with Gasteiger partial charge in [-0.1, -0.05) is 0 Å². The third-order valence-electron chi connectivity index (χ3n) is 3.86. The van der Waals surface area contributed by atoms with E-state index in [9.17, 15) is 4.79 Å². The van der Waals surface area contributed by atoms with Crippen LogP contribution in [0, 0.1) is 5.92 Å². The molecule has 0 aliphatic carbocycles. The fourth-order valence-electron chi connectivity index (χ4n) is 2.76. The normalized spacial score (nSPS) is 27.9. The van der Waals surface area contributed by atoms with Gasteiger partial charge in [-0.25, -0.2) is 0 Å². The summed E-state index contributed by atoms with van der Waals surface area (Å²) >= 11 is 0. The molecule has 2 fully saturated rings. The molecular formula is C13H23NO3. The highest BCUT2D eigenvalue weighted by molar-refractivity contribution is 5.72. The molecule has 1 atom stereocenters. The lowest BCUT2D eigenvalue weighted by atomic mass is 9.96. The van der Waals surface area contributed by atoms with Gasteiger partial charge < -0.3 is 14.4 Å². The van der Waals surface area contributed by atoms with Crippen LogP contribution in [0.2, 0.25) is 0 Å². The van der Waals surface area contributed by atoms with E-state index in [4.69, 9.17) is 9.47 Å². The summed E-state index contributed by atoms with van der Waals surface area (Å²) in [5, 5.41) is 0. The van der Waals surface area contributed by atoms with Crippen LogP contribution in [-0.2, 0) is 14.3 Å². The first kappa shape index (κ1) is 12.8. The quantitative estimate of drug-likeness (QED) is 0.701. The molecule has 0 aromatic heterocycles. The zero-order chi connectivity index (χ0) is 12.1. The second kappa shape index (κ2) is 6.36. The molecule has 2 rings (SSSR count). The maximum atomic E-state index is 11.4. The molecule has 2 saturated heterocycles. The highest BCUT2D eigenvalue weighted by atomic mass is 16.5. The Balaban J connectivity index is 1.69. The first-order valence-corrected chi connectivity index (χ1v) is 6.71. The first-order valence-electron chi connectivity index (χ1n) is 6.71. The van der Waals surface area contributed by atoms with Crippen molar-refractivity contribution in [1.82, 2.24) is 4.90 Å². The van der Waals surface area contributed by atoms with Gasteiger partial charge >= 0.3 is 5.97 Å². The number of likely N-dealkylation sites (tertiary alicyclic amines) is 1. The summed E-state index contributed by atoms with van der Waals surface area (Å²) < 4.78 is 10.5. The molecule has 17 heavy (non-hydrogen) atoms. The van der Waals surface area contributed by atoms with Gasteiger partial charge in [0.2, 0.25) is 0 Å². The van der Waals surface area contributed by atoms with Gasteiger partial charge in [0.1, 0.15) is 0 Å². The topological polar surface area (TPSA) is 38.8 Å². The van der Waals surface area contributed by atoms with E-state index in [1.54, 1.807) is 0 Å². The van der Waals surface area contributed by atoms with Crippen LogP contribution in [-0.4, -0.2) is 50.3 Å². The Kier molecular flexibility index (Phi) is 4.80. The lowest BCUT2D eigenvalue weighted by molar-refractivity contribution is -0.147. The predicted octanol–water partition coefficient (Wildman–Crippen LogP) is 1.44. The van der Waals surface area contributed by atoms with Crippen molar-refractivity contribution in [2.75, 3.05) is 33.4 Å². The van der Waals surface area contributed by atoms with E-state index in [2.05, 4.69) is 4.90 Å². The molecule has 0 N–H and O–H groups in total. The molecule has 4 heteroatoms. The number of nitrogens with zero attached hydrogens (tertiary/aromatic N) is 1. The monoisotopic (exact) mass is 241 g/mol. The van der Waals surface area contributed by atoms with Gasteiger partial charge in [-0.3, -0.25) is 4.79 Å². The smallest absolute Gasteiger partial charge is 0.308 e. The van der Waals surface area contributed by atoms with E-state index < -0.39 is 0 Å². The average Bonchev–Trinajstić information content (AvgIpc) is 2.40. The van der Waals surface area contributed by atoms with Gasteiger partial charge in [-0.15, -0.1) is 0 Å². The molecule has 0 spiro atoms. The van der Waals surface area contributed by atoms with Crippen molar-refractivity contribution in [2.24, 2.45) is 5.92 Å². The van der Waals surface area contributed by atoms with Crippen LogP contribution < -0.4 is 0 Å². The third kappa shape index (κ3) is 3.68. The van der Waals surface area contributed by atoms with Crippen LogP contribution in [0.15, 0.2) is 0 Å². The fourth-order valence-corrected chi connectivity index (χ4v) is 2.76. The molecule has 2 aliphatic rings. The van der Waals surface area contributed by atoms with E-state index in [-0.39, 0.29) is 11.9 Å². The number of hydrogen-bond donors (Lipinski definition) is 0. The number of carbonyl (C=O) groups excluding carboxylic acids is 1. The summed E-state index contributed by atoms with van der Waals surface area (Å²) in [5.41, 5.74) is 0. The molecule has 0 bridgehead atoms. The zero-order valence-corrected chi connectivity index (χ0v) is 10.7. The van der Waals surface area contributed by atoms with Crippen molar-refractivity contribution < 1.29 is 14.3 Å². The largest absolute Gasteiger partial charge is 0.469 e. The average molecular weight is 241 g/mol. The van der Waals surface area contributed by atoms with Gasteiger partial charge in [0, 0.05) is 13.2 Å². The summed E-state index contributed by atoms with van der Waals surface area (Å²) in [6.45, 7) is 3.95. The lowest BCUT2D eigenvalue weighted by Gasteiger charge is -2.34. The fraction of sp³-hybridized carbons (Fsp3) is 0.923. The molecule has 2 aliphatic heterocycles. The third-order valence-corrected chi connectivity index (χ3v) is 3.86. The van der Waals surface area contributed by atoms with E-state index in [1.165, 1.54) is 26.4 Å². The Bertz CT molecular complexity index is 243. The van der Waals surface area contributed by atoms with Crippen LogP contribution >= 0.6 is 0 Å². The van der Waals surface area contributed by atoms with Crippen LogP contribution in [0.25, 0.3) is 0 Å². The minimum Gasteiger partial charge on any atom is -0.469 e. The summed E-state index contributed by atoms with van der Waals surface area (Å²) in [6, 6.07) is 0. The van der Waals surface area contributed by atoms with Gasteiger partial charge in [0.25, 0.3) is 0 Å².